The van der Waals surface area contributed by atoms with Gasteiger partial charge in [-0.25, -0.2) is 0 Å². The van der Waals surface area contributed by atoms with E-state index in [-0.39, 0.29) is 17.1 Å². The molecule has 140 valence electrons. The van der Waals surface area contributed by atoms with Crippen LogP contribution in [0.1, 0.15) is 50.0 Å². The SMILES string of the molecule is CC(C)CCOc1ccc(C(=O)c2ccc(OCC(C)C)cc2)c(O)c1. The third kappa shape index (κ3) is 5.80. The molecule has 2 aromatic carbocycles. The summed E-state index contributed by atoms with van der Waals surface area (Å²) in [5.41, 5.74) is 0.766. The van der Waals surface area contributed by atoms with Crippen LogP contribution in [0.3, 0.4) is 0 Å². The van der Waals surface area contributed by atoms with Crippen molar-refractivity contribution in [1.82, 2.24) is 0 Å². The molecule has 26 heavy (non-hydrogen) atoms. The van der Waals surface area contributed by atoms with Crippen LogP contribution in [0, 0.1) is 11.8 Å². The summed E-state index contributed by atoms with van der Waals surface area (Å²) in [5.74, 6) is 1.99. The van der Waals surface area contributed by atoms with Crippen molar-refractivity contribution in [2.45, 2.75) is 34.1 Å². The van der Waals surface area contributed by atoms with Crippen molar-refractivity contribution in [3.63, 3.8) is 0 Å². The molecule has 0 saturated heterocycles. The lowest BCUT2D eigenvalue weighted by Gasteiger charge is -2.11. The zero-order valence-corrected chi connectivity index (χ0v) is 16.0. The first-order valence-corrected chi connectivity index (χ1v) is 9.10. The van der Waals surface area contributed by atoms with Gasteiger partial charge >= 0.3 is 0 Å². The second kappa shape index (κ2) is 9.27. The number of hydrogen-bond donors (Lipinski definition) is 1. The highest BCUT2D eigenvalue weighted by atomic mass is 16.5. The topological polar surface area (TPSA) is 55.8 Å². The third-order valence-electron chi connectivity index (χ3n) is 3.88. The van der Waals surface area contributed by atoms with Crippen LogP contribution in [0.5, 0.6) is 17.2 Å². The average molecular weight is 356 g/mol. The van der Waals surface area contributed by atoms with Gasteiger partial charge in [0.25, 0.3) is 0 Å². The quantitative estimate of drug-likeness (QED) is 0.636. The van der Waals surface area contributed by atoms with E-state index in [1.54, 1.807) is 36.4 Å². The summed E-state index contributed by atoms with van der Waals surface area (Å²) < 4.78 is 11.2. The summed E-state index contributed by atoms with van der Waals surface area (Å²) in [6.07, 6.45) is 0.937. The Morgan fingerprint density at radius 1 is 0.923 bits per heavy atom. The lowest BCUT2D eigenvalue weighted by Crippen LogP contribution is -2.06. The fraction of sp³-hybridized carbons (Fsp3) is 0.409. The largest absolute Gasteiger partial charge is 0.507 e. The zero-order chi connectivity index (χ0) is 19.1. The van der Waals surface area contributed by atoms with Gasteiger partial charge < -0.3 is 14.6 Å². The normalized spacial score (nSPS) is 11.0. The molecule has 0 fully saturated rings. The van der Waals surface area contributed by atoms with Gasteiger partial charge in [0.2, 0.25) is 0 Å². The number of phenolic OH excluding ortho intramolecular Hbond substituents is 1. The Morgan fingerprint density at radius 2 is 1.58 bits per heavy atom. The molecule has 0 heterocycles. The lowest BCUT2D eigenvalue weighted by atomic mass is 10.0. The zero-order valence-electron chi connectivity index (χ0n) is 16.0. The monoisotopic (exact) mass is 356 g/mol. The number of rotatable bonds is 9. The number of carbonyl (C=O) groups is 1. The first-order valence-electron chi connectivity index (χ1n) is 9.10. The highest BCUT2D eigenvalue weighted by Gasteiger charge is 2.14. The number of hydrogen-bond acceptors (Lipinski definition) is 4. The highest BCUT2D eigenvalue weighted by Crippen LogP contribution is 2.27. The van der Waals surface area contributed by atoms with Gasteiger partial charge in [-0.1, -0.05) is 27.7 Å². The fourth-order valence-corrected chi connectivity index (χ4v) is 2.33. The van der Waals surface area contributed by atoms with Gasteiger partial charge in [0, 0.05) is 11.6 Å². The van der Waals surface area contributed by atoms with Crippen LogP contribution in [0.2, 0.25) is 0 Å². The molecular weight excluding hydrogens is 328 g/mol. The van der Waals surface area contributed by atoms with E-state index in [0.717, 1.165) is 12.2 Å². The Balaban J connectivity index is 2.04. The fourth-order valence-electron chi connectivity index (χ4n) is 2.33. The highest BCUT2D eigenvalue weighted by molar-refractivity contribution is 6.10. The van der Waals surface area contributed by atoms with E-state index in [1.807, 2.05) is 0 Å². The van der Waals surface area contributed by atoms with Crippen molar-refractivity contribution in [2.75, 3.05) is 13.2 Å². The molecule has 4 heteroatoms. The molecule has 0 saturated carbocycles. The van der Waals surface area contributed by atoms with Crippen molar-refractivity contribution in [3.05, 3.63) is 53.6 Å². The van der Waals surface area contributed by atoms with Crippen molar-refractivity contribution in [2.24, 2.45) is 11.8 Å². The maximum absolute atomic E-state index is 12.6. The number of aromatic hydroxyl groups is 1. The molecule has 0 atom stereocenters. The summed E-state index contributed by atoms with van der Waals surface area (Å²) >= 11 is 0. The molecule has 0 aliphatic heterocycles. The Kier molecular flexibility index (Phi) is 7.07. The van der Waals surface area contributed by atoms with Crippen molar-refractivity contribution in [3.8, 4) is 17.2 Å². The minimum absolute atomic E-state index is 0.0721. The van der Waals surface area contributed by atoms with Gasteiger partial charge in [-0.05, 0) is 54.7 Å². The number of carbonyl (C=O) groups excluding carboxylic acids is 1. The average Bonchev–Trinajstić information content (AvgIpc) is 2.59. The maximum atomic E-state index is 12.6. The third-order valence-corrected chi connectivity index (χ3v) is 3.88. The summed E-state index contributed by atoms with van der Waals surface area (Å²) in [4.78, 5) is 12.6. The van der Waals surface area contributed by atoms with E-state index in [4.69, 9.17) is 9.47 Å². The molecule has 0 unspecified atom stereocenters. The number of phenols is 1. The molecular formula is C22H28O4. The van der Waals surface area contributed by atoms with Crippen LogP contribution >= 0.6 is 0 Å². The molecule has 0 spiro atoms. The number of ketones is 1. The smallest absolute Gasteiger partial charge is 0.196 e. The van der Waals surface area contributed by atoms with E-state index < -0.39 is 0 Å². The molecule has 2 aromatic rings. The van der Waals surface area contributed by atoms with E-state index in [0.29, 0.717) is 36.4 Å². The molecule has 1 N–H and O–H groups in total. The van der Waals surface area contributed by atoms with Crippen molar-refractivity contribution in [1.29, 1.82) is 0 Å². The number of benzene rings is 2. The summed E-state index contributed by atoms with van der Waals surface area (Å²) in [6.45, 7) is 9.63. The second-order valence-electron chi connectivity index (χ2n) is 7.27. The first kappa shape index (κ1) is 19.8. The summed E-state index contributed by atoms with van der Waals surface area (Å²) in [7, 11) is 0. The Hall–Kier alpha value is -2.49. The first-order chi connectivity index (χ1) is 12.4. The van der Waals surface area contributed by atoms with Gasteiger partial charge in [0.05, 0.1) is 18.8 Å². The van der Waals surface area contributed by atoms with Crippen LogP contribution in [0.4, 0.5) is 0 Å². The van der Waals surface area contributed by atoms with Crippen molar-refractivity contribution >= 4 is 5.78 Å². The van der Waals surface area contributed by atoms with Gasteiger partial charge in [0.15, 0.2) is 5.78 Å². The Labute approximate surface area is 155 Å². The van der Waals surface area contributed by atoms with E-state index in [9.17, 15) is 9.90 Å². The summed E-state index contributed by atoms with van der Waals surface area (Å²) in [5, 5.41) is 10.2. The van der Waals surface area contributed by atoms with Gasteiger partial charge in [0.1, 0.15) is 17.2 Å². The van der Waals surface area contributed by atoms with Gasteiger partial charge in [-0.2, -0.15) is 0 Å². The molecule has 0 bridgehead atoms. The minimum Gasteiger partial charge on any atom is -0.507 e. The van der Waals surface area contributed by atoms with Crippen LogP contribution in [0.15, 0.2) is 42.5 Å². The van der Waals surface area contributed by atoms with Gasteiger partial charge in [-0.15, -0.1) is 0 Å². The number of ether oxygens (including phenoxy) is 2. The predicted octanol–water partition coefficient (Wildman–Crippen LogP) is 5.08. The molecule has 0 amide bonds. The molecule has 2 rings (SSSR count). The summed E-state index contributed by atoms with van der Waals surface area (Å²) in [6, 6.07) is 11.8. The molecule has 0 aliphatic carbocycles. The standard InChI is InChI=1S/C22H28O4/c1-15(2)11-12-25-19-9-10-20(21(23)13-19)22(24)17-5-7-18(8-6-17)26-14-16(3)4/h5-10,13,15-16,23H,11-12,14H2,1-4H3. The second-order valence-corrected chi connectivity index (χ2v) is 7.27. The van der Waals surface area contributed by atoms with Gasteiger partial charge in [-0.3, -0.25) is 4.79 Å². The van der Waals surface area contributed by atoms with E-state index >= 15 is 0 Å². The lowest BCUT2D eigenvalue weighted by molar-refractivity contribution is 0.103. The van der Waals surface area contributed by atoms with Crippen LogP contribution in [-0.2, 0) is 0 Å². The predicted molar refractivity (Wildman–Crippen MR) is 103 cm³/mol. The molecule has 0 aromatic heterocycles. The Morgan fingerprint density at radius 3 is 2.15 bits per heavy atom. The van der Waals surface area contributed by atoms with Crippen LogP contribution in [-0.4, -0.2) is 24.1 Å². The minimum atomic E-state index is -0.230. The maximum Gasteiger partial charge on any atom is 0.196 e. The van der Waals surface area contributed by atoms with Crippen LogP contribution in [0.25, 0.3) is 0 Å². The molecule has 0 radical (unpaired) electrons. The Bertz CT molecular complexity index is 717. The van der Waals surface area contributed by atoms with Crippen LogP contribution < -0.4 is 9.47 Å². The van der Waals surface area contributed by atoms with Crippen molar-refractivity contribution < 1.29 is 19.4 Å². The molecule has 0 aliphatic rings. The van der Waals surface area contributed by atoms with E-state index in [1.165, 1.54) is 6.07 Å². The molecule has 4 nitrogen and oxygen atoms in total. The van der Waals surface area contributed by atoms with E-state index in [2.05, 4.69) is 27.7 Å².